The number of ether oxygens (including phenoxy) is 2. The minimum absolute atomic E-state index is 0.0176. The second-order valence-corrected chi connectivity index (χ2v) is 8.63. The van der Waals surface area contributed by atoms with Gasteiger partial charge in [-0.3, -0.25) is 0 Å². The minimum Gasteiger partial charge on any atom is -0.444 e. The van der Waals surface area contributed by atoms with Crippen LogP contribution in [0.5, 0.6) is 0 Å². The molecule has 136 valence electrons. The van der Waals surface area contributed by atoms with Gasteiger partial charge in [0.05, 0.1) is 11.8 Å². The van der Waals surface area contributed by atoms with E-state index in [1.54, 1.807) is 20.8 Å². The molecular formula is C14H29N3O5S. The van der Waals surface area contributed by atoms with Crippen LogP contribution in [0, 0.1) is 0 Å². The third-order valence-corrected chi connectivity index (χ3v) is 5.46. The van der Waals surface area contributed by atoms with Gasteiger partial charge in [0.2, 0.25) is 10.0 Å². The lowest BCUT2D eigenvalue weighted by Crippen LogP contribution is -2.59. The molecule has 1 amide bonds. The first-order chi connectivity index (χ1) is 10.6. The molecule has 1 atom stereocenters. The molecule has 23 heavy (non-hydrogen) atoms. The zero-order valence-electron chi connectivity index (χ0n) is 14.4. The lowest BCUT2D eigenvalue weighted by molar-refractivity contribution is 0.0138. The van der Waals surface area contributed by atoms with Crippen molar-refractivity contribution in [3.8, 4) is 0 Å². The van der Waals surface area contributed by atoms with Crippen LogP contribution in [0.15, 0.2) is 0 Å². The summed E-state index contributed by atoms with van der Waals surface area (Å²) in [5.41, 5.74) is 5.14. The van der Waals surface area contributed by atoms with Crippen LogP contribution >= 0.6 is 0 Å². The fourth-order valence-corrected chi connectivity index (χ4v) is 4.08. The van der Waals surface area contributed by atoms with Gasteiger partial charge in [-0.05, 0) is 27.2 Å². The molecule has 0 aliphatic carbocycles. The molecule has 1 aliphatic rings. The van der Waals surface area contributed by atoms with Crippen molar-refractivity contribution in [1.29, 1.82) is 0 Å². The van der Waals surface area contributed by atoms with Crippen molar-refractivity contribution >= 4 is 16.1 Å². The first-order valence-corrected chi connectivity index (χ1v) is 9.38. The minimum atomic E-state index is -3.41. The highest BCUT2D eigenvalue weighted by atomic mass is 32.2. The number of hydrogen-bond donors (Lipinski definition) is 1. The van der Waals surface area contributed by atoms with Gasteiger partial charge in [-0.2, -0.15) is 4.31 Å². The van der Waals surface area contributed by atoms with Crippen LogP contribution in [0.3, 0.4) is 0 Å². The van der Waals surface area contributed by atoms with Crippen LogP contribution in [0.1, 0.15) is 27.2 Å². The van der Waals surface area contributed by atoms with E-state index < -0.39 is 27.8 Å². The number of nitrogens with two attached hydrogens (primary N) is 1. The maximum absolute atomic E-state index is 12.4. The second-order valence-electron chi connectivity index (χ2n) is 6.59. The van der Waals surface area contributed by atoms with Gasteiger partial charge in [0, 0.05) is 39.9 Å². The predicted octanol–water partition coefficient (Wildman–Crippen LogP) is 0.233. The smallest absolute Gasteiger partial charge is 0.410 e. The summed E-state index contributed by atoms with van der Waals surface area (Å²) in [5.74, 6) is 0.0176. The molecule has 1 aliphatic heterocycles. The number of amides is 1. The van der Waals surface area contributed by atoms with Crippen LogP contribution in [-0.4, -0.2) is 81.0 Å². The summed E-state index contributed by atoms with van der Waals surface area (Å²) in [6, 6.07) is -0.427. The van der Waals surface area contributed by atoms with Crippen molar-refractivity contribution in [2.24, 2.45) is 5.73 Å². The number of carbonyl (C=O) groups is 1. The molecule has 8 nitrogen and oxygen atoms in total. The molecule has 0 spiro atoms. The molecule has 2 N–H and O–H groups in total. The Balaban J connectivity index is 2.70. The summed E-state index contributed by atoms with van der Waals surface area (Å²) in [7, 11) is -1.87. The monoisotopic (exact) mass is 351 g/mol. The van der Waals surface area contributed by atoms with Gasteiger partial charge in [0.15, 0.2) is 0 Å². The zero-order chi connectivity index (χ0) is 17.7. The molecule has 1 unspecified atom stereocenters. The molecular weight excluding hydrogens is 322 g/mol. The van der Waals surface area contributed by atoms with Gasteiger partial charge < -0.3 is 20.1 Å². The van der Waals surface area contributed by atoms with Gasteiger partial charge in [0.25, 0.3) is 0 Å². The topological polar surface area (TPSA) is 102 Å². The Bertz CT molecular complexity index is 489. The molecule has 0 aromatic heterocycles. The van der Waals surface area contributed by atoms with E-state index in [9.17, 15) is 13.2 Å². The summed E-state index contributed by atoms with van der Waals surface area (Å²) >= 11 is 0. The number of carbonyl (C=O) groups excluding carboxylic acids is 1. The summed E-state index contributed by atoms with van der Waals surface area (Å²) in [6.45, 7) is 6.71. The fourth-order valence-electron chi connectivity index (χ4n) is 2.39. The maximum Gasteiger partial charge on any atom is 0.410 e. The largest absolute Gasteiger partial charge is 0.444 e. The van der Waals surface area contributed by atoms with Crippen LogP contribution in [0.25, 0.3) is 0 Å². The van der Waals surface area contributed by atoms with Gasteiger partial charge in [0.1, 0.15) is 5.60 Å². The van der Waals surface area contributed by atoms with Gasteiger partial charge in [-0.1, -0.05) is 0 Å². The molecule has 0 radical (unpaired) electrons. The third kappa shape index (κ3) is 6.25. The van der Waals surface area contributed by atoms with Crippen LogP contribution in [0.2, 0.25) is 0 Å². The number of hydrogen-bond acceptors (Lipinski definition) is 6. The molecule has 9 heteroatoms. The van der Waals surface area contributed by atoms with Gasteiger partial charge in [-0.15, -0.1) is 0 Å². The van der Waals surface area contributed by atoms with E-state index in [0.717, 1.165) is 0 Å². The third-order valence-electron chi connectivity index (χ3n) is 3.46. The Morgan fingerprint density at radius 2 is 1.96 bits per heavy atom. The highest BCUT2D eigenvalue weighted by molar-refractivity contribution is 7.89. The number of sulfonamides is 1. The molecule has 0 aromatic rings. The highest BCUT2D eigenvalue weighted by Crippen LogP contribution is 2.18. The van der Waals surface area contributed by atoms with E-state index in [2.05, 4.69) is 0 Å². The lowest BCUT2D eigenvalue weighted by Gasteiger charge is -2.40. The molecule has 0 saturated carbocycles. The predicted molar refractivity (Wildman–Crippen MR) is 87.6 cm³/mol. The lowest BCUT2D eigenvalue weighted by atomic mass is 10.2. The van der Waals surface area contributed by atoms with Crippen molar-refractivity contribution in [2.75, 3.05) is 45.6 Å². The van der Waals surface area contributed by atoms with Gasteiger partial charge >= 0.3 is 6.09 Å². The summed E-state index contributed by atoms with van der Waals surface area (Å²) in [4.78, 5) is 13.6. The quantitative estimate of drug-likeness (QED) is 0.688. The van der Waals surface area contributed by atoms with E-state index in [-0.39, 0.29) is 25.4 Å². The van der Waals surface area contributed by atoms with E-state index in [0.29, 0.717) is 19.6 Å². The van der Waals surface area contributed by atoms with Crippen molar-refractivity contribution in [3.63, 3.8) is 0 Å². The number of methoxy groups -OCH3 is 1. The molecule has 1 rings (SSSR count). The van der Waals surface area contributed by atoms with Gasteiger partial charge in [-0.25, -0.2) is 13.2 Å². The maximum atomic E-state index is 12.4. The molecule has 0 bridgehead atoms. The Morgan fingerprint density at radius 1 is 1.30 bits per heavy atom. The number of rotatable bonds is 6. The van der Waals surface area contributed by atoms with Crippen molar-refractivity contribution in [1.82, 2.24) is 9.21 Å². The summed E-state index contributed by atoms with van der Waals surface area (Å²) < 4.78 is 36.5. The first-order valence-electron chi connectivity index (χ1n) is 7.77. The molecule has 0 aromatic carbocycles. The number of piperazine rings is 1. The normalized spacial score (nSPS) is 20.6. The Kier molecular flexibility index (Phi) is 7.25. The Hall–Kier alpha value is -0.900. The Morgan fingerprint density at radius 3 is 2.48 bits per heavy atom. The highest BCUT2D eigenvalue weighted by Gasteiger charge is 2.36. The second kappa shape index (κ2) is 8.27. The fraction of sp³-hybridized carbons (Fsp3) is 0.929. The van der Waals surface area contributed by atoms with Crippen molar-refractivity contribution in [3.05, 3.63) is 0 Å². The van der Waals surface area contributed by atoms with Crippen LogP contribution in [-0.2, 0) is 19.5 Å². The van der Waals surface area contributed by atoms with Crippen molar-refractivity contribution in [2.45, 2.75) is 38.8 Å². The molecule has 1 fully saturated rings. The summed E-state index contributed by atoms with van der Waals surface area (Å²) in [6.07, 6.45) is -0.00467. The van der Waals surface area contributed by atoms with E-state index in [4.69, 9.17) is 15.2 Å². The SMILES string of the molecule is COCCCS(=O)(=O)N1CCN(C(=O)OC(C)(C)C)CC1CN. The van der Waals surface area contributed by atoms with Crippen LogP contribution < -0.4 is 5.73 Å². The number of nitrogens with zero attached hydrogens (tertiary/aromatic N) is 2. The van der Waals surface area contributed by atoms with E-state index in [1.807, 2.05) is 0 Å². The standard InChI is InChI=1S/C14H29N3O5S/c1-14(2,3)22-13(18)16-6-7-17(12(10-15)11-16)23(19,20)9-5-8-21-4/h12H,5-11,15H2,1-4H3. The average molecular weight is 351 g/mol. The van der Waals surface area contributed by atoms with Crippen molar-refractivity contribution < 1.29 is 22.7 Å². The van der Waals surface area contributed by atoms with E-state index >= 15 is 0 Å². The first kappa shape index (κ1) is 20.1. The zero-order valence-corrected chi connectivity index (χ0v) is 15.3. The molecule has 1 heterocycles. The average Bonchev–Trinajstić information content (AvgIpc) is 2.45. The van der Waals surface area contributed by atoms with Crippen LogP contribution in [0.4, 0.5) is 4.79 Å². The molecule has 1 saturated heterocycles. The summed E-state index contributed by atoms with van der Waals surface area (Å²) in [5, 5.41) is 0. The Labute approximate surface area is 138 Å². The van der Waals surface area contributed by atoms with E-state index in [1.165, 1.54) is 16.3 Å².